The Bertz CT molecular complexity index is 951. The topological polar surface area (TPSA) is 76.2 Å². The summed E-state index contributed by atoms with van der Waals surface area (Å²) in [5.74, 6) is 3.26. The monoisotopic (exact) mass is 377 g/mol. The number of fused-ring (bicyclic) bond motifs is 2. The number of rotatable bonds is 5. The van der Waals surface area contributed by atoms with Gasteiger partial charge in [0.1, 0.15) is 11.6 Å². The van der Waals surface area contributed by atoms with Gasteiger partial charge in [0.15, 0.2) is 0 Å². The molecule has 1 N–H and O–H groups in total. The van der Waals surface area contributed by atoms with Crippen LogP contribution in [0.5, 0.6) is 0 Å². The Morgan fingerprint density at radius 1 is 1.07 bits per heavy atom. The van der Waals surface area contributed by atoms with E-state index < -0.39 is 0 Å². The van der Waals surface area contributed by atoms with E-state index in [1.807, 2.05) is 47.0 Å². The molecule has 1 aromatic carbocycles. The summed E-state index contributed by atoms with van der Waals surface area (Å²) in [4.78, 5) is 15.1. The highest BCUT2D eigenvalue weighted by Gasteiger charge is 2.39. The average molecular weight is 377 g/mol. The Balaban J connectivity index is 1.25. The summed E-state index contributed by atoms with van der Waals surface area (Å²) in [5.41, 5.74) is 1.07. The van der Waals surface area contributed by atoms with Crippen LogP contribution >= 0.6 is 0 Å². The fourth-order valence-electron chi connectivity index (χ4n) is 4.40. The number of hydrogen-bond donors (Lipinski definition) is 1. The van der Waals surface area contributed by atoms with Gasteiger partial charge in [-0.1, -0.05) is 30.3 Å². The van der Waals surface area contributed by atoms with Crippen molar-refractivity contribution in [3.63, 3.8) is 0 Å². The van der Waals surface area contributed by atoms with Crippen LogP contribution in [0.15, 0.2) is 53.1 Å². The molecule has 0 radical (unpaired) electrons. The van der Waals surface area contributed by atoms with E-state index in [1.165, 1.54) is 0 Å². The third-order valence-electron chi connectivity index (χ3n) is 5.80. The summed E-state index contributed by atoms with van der Waals surface area (Å²) in [5, 5.41) is 11.5. The Labute approximate surface area is 163 Å². The van der Waals surface area contributed by atoms with Gasteiger partial charge in [0.2, 0.25) is 5.82 Å². The number of hydrogen-bond acceptors (Lipinski definition) is 5. The lowest BCUT2D eigenvalue weighted by Gasteiger charge is -2.25. The smallest absolute Gasteiger partial charge is 0.289 e. The van der Waals surface area contributed by atoms with Crippen LogP contribution in [0.4, 0.5) is 0 Å². The van der Waals surface area contributed by atoms with Crippen molar-refractivity contribution in [1.82, 2.24) is 25.0 Å². The molecule has 5 rings (SSSR count). The predicted molar refractivity (Wildman–Crippen MR) is 102 cm³/mol. The largest absolute Gasteiger partial charge is 0.468 e. The Kier molecular flexibility index (Phi) is 4.44. The Morgan fingerprint density at radius 2 is 1.93 bits per heavy atom. The number of furan rings is 1. The quantitative estimate of drug-likeness (QED) is 0.737. The van der Waals surface area contributed by atoms with Crippen molar-refractivity contribution in [2.45, 2.75) is 26.1 Å². The van der Waals surface area contributed by atoms with Gasteiger partial charge in [-0.2, -0.15) is 0 Å². The molecular weight excluding hydrogens is 354 g/mol. The third kappa shape index (κ3) is 3.33. The van der Waals surface area contributed by atoms with Crippen molar-refractivity contribution in [2.24, 2.45) is 11.8 Å². The molecule has 3 aromatic rings. The third-order valence-corrected chi connectivity index (χ3v) is 5.80. The number of aromatic nitrogens is 3. The molecule has 0 spiro atoms. The van der Waals surface area contributed by atoms with Gasteiger partial charge in [-0.3, -0.25) is 9.69 Å². The van der Waals surface area contributed by atoms with Crippen LogP contribution in [0.2, 0.25) is 0 Å². The zero-order valence-electron chi connectivity index (χ0n) is 15.6. The number of nitrogens with zero attached hydrogens (tertiary/aromatic N) is 4. The Morgan fingerprint density at radius 3 is 2.75 bits per heavy atom. The first kappa shape index (κ1) is 17.2. The fraction of sp³-hybridized carbons (Fsp3) is 0.381. The van der Waals surface area contributed by atoms with Crippen LogP contribution < -0.4 is 5.32 Å². The van der Waals surface area contributed by atoms with E-state index in [9.17, 15) is 4.79 Å². The standard InChI is InChI=1S/C21H23N5O2/c27-21(22-10-15-5-2-1-3-6-15)20-24-23-19-9-16-11-25(12-17(16)13-26(19)20)14-18-7-4-8-28-18/h1-8,16-17H,9-14H2,(H,22,27)/t16-,17+/m0/s1. The lowest BCUT2D eigenvalue weighted by molar-refractivity contribution is 0.0932. The minimum Gasteiger partial charge on any atom is -0.468 e. The number of benzene rings is 1. The highest BCUT2D eigenvalue weighted by atomic mass is 16.3. The van der Waals surface area contributed by atoms with E-state index in [-0.39, 0.29) is 5.91 Å². The number of likely N-dealkylation sites (tertiary alicyclic amines) is 1. The van der Waals surface area contributed by atoms with Gasteiger partial charge in [0.05, 0.1) is 12.8 Å². The molecule has 1 fully saturated rings. The minimum atomic E-state index is -0.161. The lowest BCUT2D eigenvalue weighted by Crippen LogP contribution is -2.32. The molecule has 2 aliphatic rings. The first-order valence-electron chi connectivity index (χ1n) is 9.75. The molecule has 1 saturated heterocycles. The molecule has 0 aliphatic carbocycles. The maximum Gasteiger partial charge on any atom is 0.289 e. The first-order valence-corrected chi connectivity index (χ1v) is 9.75. The van der Waals surface area contributed by atoms with Crippen LogP contribution in [-0.2, 0) is 26.1 Å². The highest BCUT2D eigenvalue weighted by Crippen LogP contribution is 2.33. The van der Waals surface area contributed by atoms with Gasteiger partial charge in [-0.25, -0.2) is 0 Å². The molecule has 1 amide bonds. The number of amides is 1. The van der Waals surface area contributed by atoms with E-state index in [4.69, 9.17) is 4.42 Å². The second kappa shape index (κ2) is 7.24. The maximum absolute atomic E-state index is 12.7. The zero-order valence-corrected chi connectivity index (χ0v) is 15.6. The number of carbonyl (C=O) groups is 1. The minimum absolute atomic E-state index is 0.161. The van der Waals surface area contributed by atoms with Crippen molar-refractivity contribution in [1.29, 1.82) is 0 Å². The van der Waals surface area contributed by atoms with E-state index in [0.29, 0.717) is 24.2 Å². The molecule has 7 heteroatoms. The van der Waals surface area contributed by atoms with Crippen LogP contribution in [0.1, 0.15) is 27.8 Å². The van der Waals surface area contributed by atoms with Gasteiger partial charge in [-0.05, 0) is 29.5 Å². The van der Waals surface area contributed by atoms with Crippen molar-refractivity contribution in [3.05, 3.63) is 71.7 Å². The molecule has 7 nitrogen and oxygen atoms in total. The van der Waals surface area contributed by atoms with Crippen molar-refractivity contribution in [3.8, 4) is 0 Å². The molecule has 2 atom stereocenters. The molecule has 0 unspecified atom stereocenters. The van der Waals surface area contributed by atoms with E-state index in [0.717, 1.165) is 49.7 Å². The highest BCUT2D eigenvalue weighted by molar-refractivity contribution is 5.90. The van der Waals surface area contributed by atoms with Gasteiger partial charge in [0.25, 0.3) is 5.91 Å². The van der Waals surface area contributed by atoms with Gasteiger partial charge < -0.3 is 14.3 Å². The van der Waals surface area contributed by atoms with E-state index in [1.54, 1.807) is 6.26 Å². The van der Waals surface area contributed by atoms with Gasteiger partial charge in [-0.15, -0.1) is 10.2 Å². The molecule has 2 aliphatic heterocycles. The normalized spacial score (nSPS) is 21.3. The Hall–Kier alpha value is -2.93. The molecule has 28 heavy (non-hydrogen) atoms. The molecule has 2 aromatic heterocycles. The van der Waals surface area contributed by atoms with Crippen molar-refractivity contribution >= 4 is 5.91 Å². The fourth-order valence-corrected chi connectivity index (χ4v) is 4.40. The molecule has 4 heterocycles. The second-order valence-electron chi connectivity index (χ2n) is 7.72. The van der Waals surface area contributed by atoms with E-state index in [2.05, 4.69) is 20.4 Å². The summed E-state index contributed by atoms with van der Waals surface area (Å²) < 4.78 is 7.50. The van der Waals surface area contributed by atoms with Crippen LogP contribution in [0.25, 0.3) is 0 Å². The summed E-state index contributed by atoms with van der Waals surface area (Å²) >= 11 is 0. The predicted octanol–water partition coefficient (Wildman–Crippen LogP) is 2.11. The van der Waals surface area contributed by atoms with Crippen LogP contribution in [-0.4, -0.2) is 38.7 Å². The van der Waals surface area contributed by atoms with E-state index >= 15 is 0 Å². The first-order chi connectivity index (χ1) is 13.8. The lowest BCUT2D eigenvalue weighted by atomic mass is 9.89. The summed E-state index contributed by atoms with van der Waals surface area (Å²) in [6, 6.07) is 13.8. The molecule has 0 bridgehead atoms. The number of carbonyl (C=O) groups excluding carboxylic acids is 1. The molecular formula is C21H23N5O2. The van der Waals surface area contributed by atoms with Crippen molar-refractivity contribution in [2.75, 3.05) is 13.1 Å². The number of nitrogens with one attached hydrogen (secondary N) is 1. The molecule has 0 saturated carbocycles. The summed E-state index contributed by atoms with van der Waals surface area (Å²) in [7, 11) is 0. The van der Waals surface area contributed by atoms with Crippen LogP contribution in [0.3, 0.4) is 0 Å². The van der Waals surface area contributed by atoms with Gasteiger partial charge in [0, 0.05) is 32.6 Å². The second-order valence-corrected chi connectivity index (χ2v) is 7.72. The molecule has 144 valence electrons. The van der Waals surface area contributed by atoms with Gasteiger partial charge >= 0.3 is 0 Å². The maximum atomic E-state index is 12.7. The van der Waals surface area contributed by atoms with Crippen LogP contribution in [0, 0.1) is 11.8 Å². The summed E-state index contributed by atoms with van der Waals surface area (Å²) in [6.45, 7) is 4.17. The SMILES string of the molecule is O=C(NCc1ccccc1)c1nnc2n1C[C@H]1CN(Cc3ccco3)C[C@@H]1C2. The zero-order chi connectivity index (χ0) is 18.9. The average Bonchev–Trinajstić information content (AvgIpc) is 3.44. The summed E-state index contributed by atoms with van der Waals surface area (Å²) in [6.07, 6.45) is 2.60. The van der Waals surface area contributed by atoms with Crippen molar-refractivity contribution < 1.29 is 9.21 Å².